The summed E-state index contributed by atoms with van der Waals surface area (Å²) in [4.78, 5) is 15.5. The van der Waals surface area contributed by atoms with E-state index in [0.29, 0.717) is 47.3 Å². The first-order chi connectivity index (χ1) is 17.0. The van der Waals surface area contributed by atoms with Gasteiger partial charge in [-0.1, -0.05) is 0 Å². The third kappa shape index (κ3) is 4.96. The highest BCUT2D eigenvalue weighted by molar-refractivity contribution is 5.95. The molecule has 0 unspecified atom stereocenters. The minimum atomic E-state index is -0.413. The van der Waals surface area contributed by atoms with E-state index in [9.17, 15) is 9.18 Å². The topological polar surface area (TPSA) is 66.5 Å². The van der Waals surface area contributed by atoms with E-state index < -0.39 is 6.04 Å². The number of amides is 1. The quantitative estimate of drug-likeness (QED) is 0.466. The fourth-order valence-electron chi connectivity index (χ4n) is 4.29. The van der Waals surface area contributed by atoms with Crippen LogP contribution >= 0.6 is 0 Å². The third-order valence-corrected chi connectivity index (χ3v) is 6.12. The number of hydrogen-bond donors (Lipinski definition) is 0. The summed E-state index contributed by atoms with van der Waals surface area (Å²) in [7, 11) is 6.24. The molecule has 4 rings (SSSR count). The molecule has 0 fully saturated rings. The molecule has 184 valence electrons. The number of methoxy groups -OCH3 is 4. The van der Waals surface area contributed by atoms with E-state index in [1.807, 2.05) is 12.1 Å². The van der Waals surface area contributed by atoms with E-state index in [4.69, 9.17) is 23.7 Å². The molecule has 1 atom stereocenters. The van der Waals surface area contributed by atoms with Gasteiger partial charge in [-0.15, -0.1) is 0 Å². The molecule has 1 heterocycles. The second-order valence-electron chi connectivity index (χ2n) is 8.01. The molecule has 1 amide bonds. The molecular formula is C27H28FNO6. The van der Waals surface area contributed by atoms with Crippen molar-refractivity contribution in [1.82, 2.24) is 4.90 Å². The number of carbonyl (C=O) groups is 1. The van der Waals surface area contributed by atoms with E-state index in [1.54, 1.807) is 56.6 Å². The van der Waals surface area contributed by atoms with Gasteiger partial charge in [-0.2, -0.15) is 0 Å². The van der Waals surface area contributed by atoms with Gasteiger partial charge in [0.05, 0.1) is 34.5 Å². The molecule has 1 aliphatic heterocycles. The van der Waals surface area contributed by atoms with Gasteiger partial charge in [0.2, 0.25) is 0 Å². The van der Waals surface area contributed by atoms with Crippen molar-refractivity contribution in [2.24, 2.45) is 0 Å². The maximum absolute atomic E-state index is 13.7. The first-order valence-electron chi connectivity index (χ1n) is 11.1. The van der Waals surface area contributed by atoms with Crippen molar-refractivity contribution in [3.63, 3.8) is 0 Å². The summed E-state index contributed by atoms with van der Waals surface area (Å²) in [6.45, 7) is 0.653. The lowest BCUT2D eigenvalue weighted by Gasteiger charge is -2.37. The summed E-state index contributed by atoms with van der Waals surface area (Å²) in [5, 5.41) is 0. The van der Waals surface area contributed by atoms with Gasteiger partial charge in [0.15, 0.2) is 23.0 Å². The number of nitrogens with zero attached hydrogens (tertiary/aromatic N) is 1. The molecular weight excluding hydrogens is 453 g/mol. The second-order valence-corrected chi connectivity index (χ2v) is 8.01. The molecule has 0 radical (unpaired) electrons. The Labute approximate surface area is 203 Å². The summed E-state index contributed by atoms with van der Waals surface area (Å²) < 4.78 is 41.0. The van der Waals surface area contributed by atoms with Gasteiger partial charge >= 0.3 is 0 Å². The van der Waals surface area contributed by atoms with Crippen LogP contribution in [0.2, 0.25) is 0 Å². The lowest BCUT2D eigenvalue weighted by molar-refractivity contribution is 0.0589. The molecule has 3 aromatic carbocycles. The van der Waals surface area contributed by atoms with Crippen molar-refractivity contribution < 1.29 is 32.9 Å². The third-order valence-electron chi connectivity index (χ3n) is 6.12. The summed E-state index contributed by atoms with van der Waals surface area (Å²) in [6, 6.07) is 14.3. The van der Waals surface area contributed by atoms with Gasteiger partial charge in [0.25, 0.3) is 5.91 Å². The van der Waals surface area contributed by atoms with Crippen LogP contribution in [0.1, 0.15) is 27.5 Å². The van der Waals surface area contributed by atoms with Crippen molar-refractivity contribution in [2.45, 2.75) is 12.5 Å². The Hall–Kier alpha value is -3.94. The van der Waals surface area contributed by atoms with Crippen molar-refractivity contribution in [3.05, 3.63) is 77.1 Å². The minimum absolute atomic E-state index is 0.168. The zero-order valence-electron chi connectivity index (χ0n) is 20.2. The van der Waals surface area contributed by atoms with Crippen LogP contribution in [0, 0.1) is 5.82 Å². The predicted molar refractivity (Wildman–Crippen MR) is 128 cm³/mol. The van der Waals surface area contributed by atoms with Crippen LogP contribution in [0.5, 0.6) is 28.7 Å². The highest BCUT2D eigenvalue weighted by atomic mass is 19.1. The Morgan fingerprint density at radius 1 is 0.857 bits per heavy atom. The highest BCUT2D eigenvalue weighted by Gasteiger charge is 2.33. The zero-order chi connectivity index (χ0) is 24.9. The van der Waals surface area contributed by atoms with Crippen LogP contribution in [0.3, 0.4) is 0 Å². The van der Waals surface area contributed by atoms with Gasteiger partial charge in [-0.05, 0) is 72.1 Å². The van der Waals surface area contributed by atoms with Gasteiger partial charge in [0, 0.05) is 12.1 Å². The second kappa shape index (κ2) is 10.5. The molecule has 0 saturated carbocycles. The average Bonchev–Trinajstić information content (AvgIpc) is 2.90. The smallest absolute Gasteiger partial charge is 0.254 e. The van der Waals surface area contributed by atoms with Crippen LogP contribution in [-0.2, 0) is 6.42 Å². The summed E-state index contributed by atoms with van der Waals surface area (Å²) in [6.07, 6.45) is 0.641. The molecule has 0 saturated heterocycles. The number of carbonyl (C=O) groups excluding carboxylic acids is 1. The van der Waals surface area contributed by atoms with Gasteiger partial charge < -0.3 is 28.6 Å². The van der Waals surface area contributed by atoms with Gasteiger partial charge in [-0.25, -0.2) is 4.39 Å². The molecule has 35 heavy (non-hydrogen) atoms. The molecule has 8 heteroatoms. The first-order valence-corrected chi connectivity index (χ1v) is 11.1. The summed E-state index contributed by atoms with van der Waals surface area (Å²) in [5.41, 5.74) is 2.43. The van der Waals surface area contributed by atoms with Gasteiger partial charge in [0.1, 0.15) is 18.2 Å². The zero-order valence-corrected chi connectivity index (χ0v) is 20.2. The Bertz CT molecular complexity index is 1200. The minimum Gasteiger partial charge on any atom is -0.493 e. The van der Waals surface area contributed by atoms with Crippen LogP contribution < -0.4 is 23.7 Å². The molecule has 1 aliphatic rings. The fourth-order valence-corrected chi connectivity index (χ4v) is 4.29. The van der Waals surface area contributed by atoms with Gasteiger partial charge in [-0.3, -0.25) is 4.79 Å². The normalized spacial score (nSPS) is 14.7. The molecule has 0 aromatic heterocycles. The average molecular weight is 482 g/mol. The van der Waals surface area contributed by atoms with Crippen LogP contribution in [-0.4, -0.2) is 52.4 Å². The van der Waals surface area contributed by atoms with Crippen molar-refractivity contribution in [2.75, 3.05) is 41.6 Å². The molecule has 0 spiro atoms. The Morgan fingerprint density at radius 3 is 2.14 bits per heavy atom. The Kier molecular flexibility index (Phi) is 7.29. The Morgan fingerprint density at radius 2 is 1.49 bits per heavy atom. The van der Waals surface area contributed by atoms with Crippen molar-refractivity contribution >= 4 is 5.91 Å². The molecule has 0 aliphatic carbocycles. The number of fused-ring (bicyclic) bond motifs is 1. The maximum Gasteiger partial charge on any atom is 0.254 e. The SMILES string of the molecule is COc1ccc(C(=O)N2CCc3cc(OC)c(OC)cc3[C@@H]2COc2ccc(F)cc2)cc1OC. The Balaban J connectivity index is 1.71. The number of ether oxygens (including phenoxy) is 5. The lowest BCUT2D eigenvalue weighted by atomic mass is 9.91. The number of hydrogen-bond acceptors (Lipinski definition) is 6. The van der Waals surface area contributed by atoms with Crippen LogP contribution in [0.25, 0.3) is 0 Å². The molecule has 0 bridgehead atoms. The molecule has 0 N–H and O–H groups in total. The number of benzene rings is 3. The largest absolute Gasteiger partial charge is 0.493 e. The monoisotopic (exact) mass is 481 g/mol. The first kappa shape index (κ1) is 24.2. The predicted octanol–water partition coefficient (Wildman–Crippen LogP) is 4.68. The van der Waals surface area contributed by atoms with Crippen LogP contribution in [0.15, 0.2) is 54.6 Å². The highest BCUT2D eigenvalue weighted by Crippen LogP contribution is 2.39. The van der Waals surface area contributed by atoms with Crippen molar-refractivity contribution in [3.8, 4) is 28.7 Å². The fraction of sp³-hybridized carbons (Fsp3) is 0.296. The van der Waals surface area contributed by atoms with E-state index in [-0.39, 0.29) is 18.3 Å². The lowest BCUT2D eigenvalue weighted by Crippen LogP contribution is -2.42. The summed E-state index contributed by atoms with van der Waals surface area (Å²) >= 11 is 0. The number of halogens is 1. The van der Waals surface area contributed by atoms with Crippen molar-refractivity contribution in [1.29, 1.82) is 0 Å². The van der Waals surface area contributed by atoms with E-state index in [0.717, 1.165) is 11.1 Å². The van der Waals surface area contributed by atoms with E-state index in [2.05, 4.69) is 0 Å². The number of rotatable bonds is 8. The van der Waals surface area contributed by atoms with E-state index in [1.165, 1.54) is 19.2 Å². The van der Waals surface area contributed by atoms with E-state index >= 15 is 0 Å². The summed E-state index contributed by atoms with van der Waals surface area (Å²) in [5.74, 6) is 2.21. The van der Waals surface area contributed by atoms with Crippen LogP contribution in [0.4, 0.5) is 4.39 Å². The molecule has 3 aromatic rings. The molecule has 7 nitrogen and oxygen atoms in total. The maximum atomic E-state index is 13.7. The standard InChI is InChI=1S/C27H28FNO6/c1-31-23-10-5-18(14-24(23)32-2)27(30)29-12-11-17-13-25(33-3)26(34-4)15-21(17)22(29)16-35-20-8-6-19(28)7-9-20/h5-10,13-15,22H,11-12,16H2,1-4H3/t22-/m0/s1.